The minimum Gasteiger partial charge on any atom is -0.481 e. The predicted molar refractivity (Wildman–Crippen MR) is 31.8 cm³/mol. The maximum absolute atomic E-state index is 10.1. The Morgan fingerprint density at radius 1 is 1.36 bits per heavy atom. The molecule has 6 heteroatoms. The molecule has 0 aliphatic carbocycles. The zero-order chi connectivity index (χ0) is 8.85. The van der Waals surface area contributed by atoms with E-state index in [2.05, 4.69) is 4.74 Å². The van der Waals surface area contributed by atoms with Gasteiger partial charge in [-0.2, -0.15) is 0 Å². The molecule has 3 N–H and O–H groups in total. The van der Waals surface area contributed by atoms with E-state index in [1.807, 2.05) is 0 Å². The number of aliphatic hydroxyl groups is 1. The van der Waals surface area contributed by atoms with Gasteiger partial charge in [0, 0.05) is 0 Å². The van der Waals surface area contributed by atoms with E-state index in [1.54, 1.807) is 0 Å². The van der Waals surface area contributed by atoms with Gasteiger partial charge >= 0.3 is 11.9 Å². The van der Waals surface area contributed by atoms with Crippen LogP contribution < -0.4 is 0 Å². The lowest BCUT2D eigenvalue weighted by molar-refractivity contribution is -0.163. The Bertz CT molecular complexity index is 153. The number of aliphatic carboxylic acids is 2. The van der Waals surface area contributed by atoms with Gasteiger partial charge in [0.15, 0.2) is 6.10 Å². The van der Waals surface area contributed by atoms with E-state index in [1.165, 1.54) is 0 Å². The molecule has 64 valence electrons. The largest absolute Gasteiger partial charge is 0.481 e. The van der Waals surface area contributed by atoms with Crippen molar-refractivity contribution in [2.45, 2.75) is 12.5 Å². The van der Waals surface area contributed by atoms with Crippen molar-refractivity contribution in [3.05, 3.63) is 0 Å². The maximum atomic E-state index is 10.1. The summed E-state index contributed by atoms with van der Waals surface area (Å²) in [6.45, 7) is -0.801. The van der Waals surface area contributed by atoms with Gasteiger partial charge < -0.3 is 20.1 Å². The fraction of sp³-hybridized carbons (Fsp3) is 0.600. The minimum atomic E-state index is -1.47. The van der Waals surface area contributed by atoms with Gasteiger partial charge in [-0.1, -0.05) is 0 Å². The van der Waals surface area contributed by atoms with Crippen molar-refractivity contribution in [3.8, 4) is 0 Å². The smallest absolute Gasteiger partial charge is 0.333 e. The van der Waals surface area contributed by atoms with Crippen molar-refractivity contribution >= 4 is 11.9 Å². The lowest BCUT2D eigenvalue weighted by Crippen LogP contribution is -2.27. The molecule has 6 nitrogen and oxygen atoms in total. The van der Waals surface area contributed by atoms with Crippen LogP contribution in [0, 0.1) is 0 Å². The number of hydrogen-bond donors (Lipinski definition) is 3. The molecule has 0 aromatic rings. The van der Waals surface area contributed by atoms with Gasteiger partial charge in [-0.25, -0.2) is 4.79 Å². The summed E-state index contributed by atoms with van der Waals surface area (Å²) >= 11 is 0. The van der Waals surface area contributed by atoms with Gasteiger partial charge in [-0.3, -0.25) is 4.79 Å². The topological polar surface area (TPSA) is 104 Å². The molecular formula is C5H8O6. The molecule has 1 unspecified atom stereocenters. The second-order valence-corrected chi connectivity index (χ2v) is 1.72. The van der Waals surface area contributed by atoms with E-state index < -0.39 is 31.3 Å². The summed E-state index contributed by atoms with van der Waals surface area (Å²) in [5.41, 5.74) is 0. The van der Waals surface area contributed by atoms with Gasteiger partial charge in [0.2, 0.25) is 0 Å². The second-order valence-electron chi connectivity index (χ2n) is 1.72. The van der Waals surface area contributed by atoms with Gasteiger partial charge in [0.25, 0.3) is 0 Å². The van der Waals surface area contributed by atoms with Crippen LogP contribution in [-0.2, 0) is 14.3 Å². The summed E-state index contributed by atoms with van der Waals surface area (Å²) in [5, 5.41) is 24.5. The molecule has 0 radical (unpaired) electrons. The first-order chi connectivity index (χ1) is 5.07. The minimum absolute atomic E-state index is 0.657. The van der Waals surface area contributed by atoms with E-state index in [4.69, 9.17) is 15.3 Å². The number of carboxylic acids is 2. The molecule has 0 rings (SSSR count). The highest BCUT2D eigenvalue weighted by Crippen LogP contribution is 1.97. The molecule has 0 amide bonds. The number of hydrogen-bond acceptors (Lipinski definition) is 4. The predicted octanol–water partition coefficient (Wildman–Crippen LogP) is -1.12. The van der Waals surface area contributed by atoms with Gasteiger partial charge in [0.1, 0.15) is 6.79 Å². The fourth-order valence-corrected chi connectivity index (χ4v) is 0.466. The van der Waals surface area contributed by atoms with Crippen LogP contribution in [-0.4, -0.2) is 40.2 Å². The maximum Gasteiger partial charge on any atom is 0.333 e. The normalized spacial score (nSPS) is 12.5. The van der Waals surface area contributed by atoms with E-state index in [0.29, 0.717) is 0 Å². The van der Waals surface area contributed by atoms with Crippen LogP contribution in [0.1, 0.15) is 6.42 Å². The molecule has 0 aromatic carbocycles. The highest BCUT2D eigenvalue weighted by atomic mass is 16.6. The summed E-state index contributed by atoms with van der Waals surface area (Å²) in [6.07, 6.45) is -2.13. The number of aliphatic hydroxyl groups excluding tert-OH is 1. The van der Waals surface area contributed by atoms with Crippen LogP contribution >= 0.6 is 0 Å². The summed E-state index contributed by atoms with van der Waals surface area (Å²) in [7, 11) is 0. The molecule has 0 aliphatic heterocycles. The average Bonchev–Trinajstić information content (AvgIpc) is 1.86. The zero-order valence-corrected chi connectivity index (χ0v) is 5.56. The Morgan fingerprint density at radius 3 is 2.18 bits per heavy atom. The van der Waals surface area contributed by atoms with Crippen molar-refractivity contribution in [2.24, 2.45) is 0 Å². The quantitative estimate of drug-likeness (QED) is 0.444. The first-order valence-corrected chi connectivity index (χ1v) is 2.75. The first kappa shape index (κ1) is 9.86. The average molecular weight is 164 g/mol. The van der Waals surface area contributed by atoms with E-state index in [9.17, 15) is 9.59 Å². The van der Waals surface area contributed by atoms with Crippen molar-refractivity contribution in [1.82, 2.24) is 0 Å². The van der Waals surface area contributed by atoms with Crippen molar-refractivity contribution in [3.63, 3.8) is 0 Å². The number of carboxylic acid groups (broad SMARTS) is 2. The Hall–Kier alpha value is -1.14. The molecule has 0 heterocycles. The van der Waals surface area contributed by atoms with Crippen LogP contribution in [0.15, 0.2) is 0 Å². The molecule has 0 saturated carbocycles. The van der Waals surface area contributed by atoms with Crippen LogP contribution in [0.25, 0.3) is 0 Å². The summed E-state index contributed by atoms with van der Waals surface area (Å²) < 4.78 is 4.19. The van der Waals surface area contributed by atoms with E-state index in [0.717, 1.165) is 0 Å². The summed E-state index contributed by atoms with van der Waals surface area (Å²) in [5.74, 6) is -2.69. The van der Waals surface area contributed by atoms with Gasteiger partial charge in [-0.05, 0) is 0 Å². The number of rotatable bonds is 5. The first-order valence-electron chi connectivity index (χ1n) is 2.75. The molecular weight excluding hydrogens is 156 g/mol. The Labute approximate surface area is 62.0 Å². The molecule has 0 fully saturated rings. The Morgan fingerprint density at radius 2 is 1.91 bits per heavy atom. The van der Waals surface area contributed by atoms with Crippen molar-refractivity contribution < 1.29 is 29.6 Å². The van der Waals surface area contributed by atoms with Crippen molar-refractivity contribution in [1.29, 1.82) is 0 Å². The summed E-state index contributed by atoms with van der Waals surface area (Å²) in [4.78, 5) is 20.1. The molecule has 0 spiro atoms. The van der Waals surface area contributed by atoms with Gasteiger partial charge in [0.05, 0.1) is 6.42 Å². The third kappa shape index (κ3) is 4.29. The summed E-state index contributed by atoms with van der Waals surface area (Å²) in [6, 6.07) is 0. The lowest BCUT2D eigenvalue weighted by atomic mass is 10.2. The molecule has 0 aromatic heterocycles. The highest BCUT2D eigenvalue weighted by molar-refractivity contribution is 5.79. The molecule has 0 bridgehead atoms. The second kappa shape index (κ2) is 4.64. The van der Waals surface area contributed by atoms with Crippen molar-refractivity contribution in [2.75, 3.05) is 6.79 Å². The van der Waals surface area contributed by atoms with E-state index >= 15 is 0 Å². The highest BCUT2D eigenvalue weighted by Gasteiger charge is 2.20. The van der Waals surface area contributed by atoms with E-state index in [-0.39, 0.29) is 0 Å². The fourth-order valence-electron chi connectivity index (χ4n) is 0.466. The number of ether oxygens (including phenoxy) is 1. The molecule has 0 aliphatic rings. The number of carbonyl (C=O) groups is 2. The Balaban J connectivity index is 3.89. The molecule has 11 heavy (non-hydrogen) atoms. The third-order valence-corrected chi connectivity index (χ3v) is 0.911. The molecule has 0 saturated heterocycles. The monoisotopic (exact) mass is 164 g/mol. The van der Waals surface area contributed by atoms with Crippen LogP contribution in [0.5, 0.6) is 0 Å². The zero-order valence-electron chi connectivity index (χ0n) is 5.56. The molecule has 1 atom stereocenters. The SMILES string of the molecule is O=C(O)CC(OCO)C(=O)O. The Kier molecular flexibility index (Phi) is 4.16. The van der Waals surface area contributed by atoms with Gasteiger partial charge in [-0.15, -0.1) is 0 Å². The lowest BCUT2D eigenvalue weighted by Gasteiger charge is -2.07. The standard InChI is InChI=1S/C5H8O6/c6-2-11-3(5(9)10)1-4(7)8/h3,6H,1-2H2,(H,7,8)(H,9,10). The van der Waals surface area contributed by atoms with Crippen LogP contribution in [0.3, 0.4) is 0 Å². The van der Waals surface area contributed by atoms with Crippen LogP contribution in [0.4, 0.5) is 0 Å². The van der Waals surface area contributed by atoms with Crippen LogP contribution in [0.2, 0.25) is 0 Å². The third-order valence-electron chi connectivity index (χ3n) is 0.911.